The van der Waals surface area contributed by atoms with Crippen LogP contribution in [0.15, 0.2) is 68.5 Å². The fourth-order valence-electron chi connectivity index (χ4n) is 3.04. The lowest BCUT2D eigenvalue weighted by Crippen LogP contribution is -1.75. The van der Waals surface area contributed by atoms with E-state index in [9.17, 15) is 0 Å². The summed E-state index contributed by atoms with van der Waals surface area (Å²) in [7, 11) is 0. The summed E-state index contributed by atoms with van der Waals surface area (Å²) >= 11 is 0. The number of benzene rings is 1. The topological polar surface area (TPSA) is 137 Å². The summed E-state index contributed by atoms with van der Waals surface area (Å²) in [4.78, 5) is 3.29. The molecular formula is C24H11N5O2. The van der Waals surface area contributed by atoms with Gasteiger partial charge in [0.25, 0.3) is 0 Å². The standard InChI is InChI=1S/C24H11N5O2/c25-11-15(12-26)7-19-3-5-23(30-19)18-2-1-17-9-22(29-21(17)10-18)24-6-4-20(31-24)8-16(13-27)14-28/h1-10,29H. The number of nitrogens with one attached hydrogen (secondary N) is 1. The number of fused-ring (bicyclic) bond motifs is 1. The van der Waals surface area contributed by atoms with E-state index in [-0.39, 0.29) is 11.1 Å². The second-order valence-corrected chi connectivity index (χ2v) is 6.45. The SMILES string of the molecule is N#CC(C#N)=Cc1ccc(-c2ccc3cc(-c4ccc(C=C(C#N)C#N)o4)[nH]c3c2)o1. The van der Waals surface area contributed by atoms with Gasteiger partial charge in [-0.05, 0) is 36.4 Å². The summed E-state index contributed by atoms with van der Waals surface area (Å²) in [6.45, 7) is 0. The van der Waals surface area contributed by atoms with Gasteiger partial charge in [0.05, 0.1) is 5.69 Å². The van der Waals surface area contributed by atoms with Crippen molar-refractivity contribution in [2.24, 2.45) is 0 Å². The molecule has 3 heterocycles. The molecular weight excluding hydrogens is 390 g/mol. The lowest BCUT2D eigenvalue weighted by molar-refractivity contribution is 0.570. The molecule has 0 atom stereocenters. The predicted molar refractivity (Wildman–Crippen MR) is 112 cm³/mol. The highest BCUT2D eigenvalue weighted by atomic mass is 16.3. The number of rotatable bonds is 4. The van der Waals surface area contributed by atoms with E-state index in [0.29, 0.717) is 23.0 Å². The Morgan fingerprint density at radius 1 is 0.710 bits per heavy atom. The average Bonchev–Trinajstić information content (AvgIpc) is 3.54. The molecule has 1 N–H and O–H groups in total. The molecule has 7 nitrogen and oxygen atoms in total. The zero-order valence-electron chi connectivity index (χ0n) is 15.9. The predicted octanol–water partition coefficient (Wildman–Crippen LogP) is 5.55. The Hall–Kier alpha value is -5.24. The molecule has 7 heteroatoms. The van der Waals surface area contributed by atoms with Crippen molar-refractivity contribution < 1.29 is 8.83 Å². The molecule has 0 aliphatic heterocycles. The molecule has 31 heavy (non-hydrogen) atoms. The molecule has 0 saturated heterocycles. The molecule has 0 amide bonds. The largest absolute Gasteiger partial charge is 0.457 e. The maximum Gasteiger partial charge on any atom is 0.151 e. The third-order valence-corrected chi connectivity index (χ3v) is 4.48. The van der Waals surface area contributed by atoms with Crippen LogP contribution in [0.2, 0.25) is 0 Å². The first-order chi connectivity index (χ1) is 15.1. The number of hydrogen-bond acceptors (Lipinski definition) is 6. The molecule has 0 unspecified atom stereocenters. The Kier molecular flexibility index (Phi) is 4.94. The molecule has 0 aliphatic rings. The summed E-state index contributed by atoms with van der Waals surface area (Å²) in [6.07, 6.45) is 2.78. The first-order valence-electron chi connectivity index (χ1n) is 9.00. The first kappa shape index (κ1) is 19.1. The number of aromatic nitrogens is 1. The molecule has 0 fully saturated rings. The number of allylic oxidation sites excluding steroid dienone is 2. The van der Waals surface area contributed by atoms with Crippen molar-refractivity contribution in [3.63, 3.8) is 0 Å². The molecule has 1 aromatic carbocycles. The van der Waals surface area contributed by atoms with Crippen molar-refractivity contribution in [2.75, 3.05) is 0 Å². The van der Waals surface area contributed by atoms with Crippen LogP contribution in [0.3, 0.4) is 0 Å². The van der Waals surface area contributed by atoms with E-state index in [0.717, 1.165) is 22.2 Å². The minimum atomic E-state index is -0.0356. The second kappa shape index (κ2) is 8.02. The fourth-order valence-corrected chi connectivity index (χ4v) is 3.04. The molecule has 0 aliphatic carbocycles. The highest BCUT2D eigenvalue weighted by molar-refractivity contribution is 5.88. The molecule has 0 bridgehead atoms. The second-order valence-electron chi connectivity index (χ2n) is 6.45. The van der Waals surface area contributed by atoms with Gasteiger partial charge in [0.15, 0.2) is 5.76 Å². The molecule has 0 radical (unpaired) electrons. The van der Waals surface area contributed by atoms with Crippen molar-refractivity contribution >= 4 is 23.1 Å². The van der Waals surface area contributed by atoms with Crippen LogP contribution in [-0.2, 0) is 0 Å². The highest BCUT2D eigenvalue weighted by Gasteiger charge is 2.11. The molecule has 3 aromatic heterocycles. The number of H-pyrrole nitrogens is 1. The number of nitriles is 4. The quantitative estimate of drug-likeness (QED) is 0.445. The Morgan fingerprint density at radius 2 is 1.29 bits per heavy atom. The molecule has 0 spiro atoms. The van der Waals surface area contributed by atoms with E-state index in [4.69, 9.17) is 29.9 Å². The van der Waals surface area contributed by atoms with E-state index >= 15 is 0 Å². The minimum Gasteiger partial charge on any atom is -0.457 e. The van der Waals surface area contributed by atoms with Gasteiger partial charge in [0, 0.05) is 28.6 Å². The summed E-state index contributed by atoms with van der Waals surface area (Å²) in [5, 5.41) is 36.4. The van der Waals surface area contributed by atoms with E-state index in [2.05, 4.69) is 4.98 Å². The summed E-state index contributed by atoms with van der Waals surface area (Å²) in [6, 6.07) is 21.8. The van der Waals surface area contributed by atoms with Crippen LogP contribution < -0.4 is 0 Å². The lowest BCUT2D eigenvalue weighted by Gasteiger charge is -1.97. The van der Waals surface area contributed by atoms with Crippen LogP contribution in [0.25, 0.3) is 45.8 Å². The van der Waals surface area contributed by atoms with Crippen LogP contribution in [-0.4, -0.2) is 4.98 Å². The van der Waals surface area contributed by atoms with Gasteiger partial charge in [-0.3, -0.25) is 0 Å². The van der Waals surface area contributed by atoms with E-state index < -0.39 is 0 Å². The van der Waals surface area contributed by atoms with Crippen molar-refractivity contribution in [1.82, 2.24) is 4.98 Å². The zero-order valence-corrected chi connectivity index (χ0v) is 15.9. The van der Waals surface area contributed by atoms with Gasteiger partial charge in [-0.1, -0.05) is 12.1 Å². The van der Waals surface area contributed by atoms with Gasteiger partial charge in [0.1, 0.15) is 52.7 Å². The maximum absolute atomic E-state index is 8.87. The first-order valence-corrected chi connectivity index (χ1v) is 9.00. The monoisotopic (exact) mass is 401 g/mol. The fraction of sp³-hybridized carbons (Fsp3) is 0. The van der Waals surface area contributed by atoms with Gasteiger partial charge in [-0.15, -0.1) is 0 Å². The van der Waals surface area contributed by atoms with E-state index in [1.54, 1.807) is 48.5 Å². The third-order valence-electron chi connectivity index (χ3n) is 4.48. The van der Waals surface area contributed by atoms with Gasteiger partial charge in [-0.2, -0.15) is 21.0 Å². The molecule has 4 aromatic rings. The maximum atomic E-state index is 8.87. The van der Waals surface area contributed by atoms with E-state index in [1.165, 1.54) is 12.2 Å². The third kappa shape index (κ3) is 3.84. The van der Waals surface area contributed by atoms with Crippen LogP contribution in [0, 0.1) is 45.3 Å². The Bertz CT molecular complexity index is 1420. The highest BCUT2D eigenvalue weighted by Crippen LogP contribution is 2.30. The van der Waals surface area contributed by atoms with Crippen molar-refractivity contribution in [1.29, 1.82) is 21.0 Å². The molecule has 0 saturated carbocycles. The van der Waals surface area contributed by atoms with E-state index in [1.807, 2.05) is 24.3 Å². The smallest absolute Gasteiger partial charge is 0.151 e. The van der Waals surface area contributed by atoms with Crippen LogP contribution >= 0.6 is 0 Å². The van der Waals surface area contributed by atoms with Gasteiger partial charge < -0.3 is 13.8 Å². The molecule has 4 rings (SSSR count). The minimum absolute atomic E-state index is 0.0327. The summed E-state index contributed by atoms with van der Waals surface area (Å²) < 4.78 is 11.5. The number of nitrogens with zero attached hydrogens (tertiary/aromatic N) is 4. The van der Waals surface area contributed by atoms with Gasteiger partial charge in [-0.25, -0.2) is 0 Å². The van der Waals surface area contributed by atoms with Crippen LogP contribution in [0.1, 0.15) is 11.5 Å². The summed E-state index contributed by atoms with van der Waals surface area (Å²) in [5.74, 6) is 2.01. The van der Waals surface area contributed by atoms with Gasteiger partial charge in [0.2, 0.25) is 0 Å². The van der Waals surface area contributed by atoms with Crippen molar-refractivity contribution in [3.05, 3.63) is 71.2 Å². The lowest BCUT2D eigenvalue weighted by atomic mass is 10.1. The number of hydrogen-bond donors (Lipinski definition) is 1. The average molecular weight is 401 g/mol. The molecule has 144 valence electrons. The number of furan rings is 2. The Balaban J connectivity index is 1.65. The normalized spacial score (nSPS) is 9.81. The van der Waals surface area contributed by atoms with Crippen molar-refractivity contribution in [2.45, 2.75) is 0 Å². The number of aromatic amines is 1. The van der Waals surface area contributed by atoms with Gasteiger partial charge >= 0.3 is 0 Å². The zero-order chi connectivity index (χ0) is 21.8. The Labute approximate surface area is 176 Å². The van der Waals surface area contributed by atoms with Crippen LogP contribution in [0.4, 0.5) is 0 Å². The van der Waals surface area contributed by atoms with Crippen LogP contribution in [0.5, 0.6) is 0 Å². The van der Waals surface area contributed by atoms with Crippen molar-refractivity contribution in [3.8, 4) is 47.1 Å². The Morgan fingerprint density at radius 3 is 1.90 bits per heavy atom. The summed E-state index contributed by atoms with van der Waals surface area (Å²) in [5.41, 5.74) is 2.37.